The van der Waals surface area contributed by atoms with Crippen molar-refractivity contribution in [3.8, 4) is 0 Å². The Morgan fingerprint density at radius 1 is 1.42 bits per heavy atom. The van der Waals surface area contributed by atoms with Gasteiger partial charge < -0.3 is 15.7 Å². The molecule has 0 radical (unpaired) electrons. The Kier molecular flexibility index (Phi) is 3.29. The van der Waals surface area contributed by atoms with Crippen LogP contribution in [0.3, 0.4) is 0 Å². The van der Waals surface area contributed by atoms with E-state index < -0.39 is 0 Å². The number of anilines is 2. The molecule has 1 aliphatic carbocycles. The van der Waals surface area contributed by atoms with Crippen molar-refractivity contribution >= 4 is 22.3 Å². The van der Waals surface area contributed by atoms with Gasteiger partial charge in [-0.3, -0.25) is 5.10 Å². The van der Waals surface area contributed by atoms with Gasteiger partial charge in [0.1, 0.15) is 0 Å². The number of nitrogens with zero attached hydrogens (tertiary/aromatic N) is 2. The predicted octanol–water partition coefficient (Wildman–Crippen LogP) is 1.89. The summed E-state index contributed by atoms with van der Waals surface area (Å²) in [5, 5.41) is 17.1. The topological polar surface area (TPSA) is 78.2 Å². The van der Waals surface area contributed by atoms with Crippen molar-refractivity contribution in [3.63, 3.8) is 0 Å². The van der Waals surface area contributed by atoms with E-state index in [0.29, 0.717) is 6.04 Å². The monoisotopic (exact) mass is 260 g/mol. The molecule has 1 aromatic heterocycles. The number of nitrogens with one attached hydrogen (secondary N) is 1. The molecule has 0 atom stereocenters. The standard InChI is InChI=1S/C14H20N4O/c15-12-7-10-9-16-17-13(10)8-14(12)18(5-2-6-19)11-3-1-4-11/h7-9,11,19H,1-6,15H2,(H,16,17). The normalized spacial score (nSPS) is 15.6. The van der Waals surface area contributed by atoms with Crippen LogP contribution in [0.4, 0.5) is 11.4 Å². The minimum Gasteiger partial charge on any atom is -0.397 e. The molecular formula is C14H20N4O. The zero-order chi connectivity index (χ0) is 13.2. The van der Waals surface area contributed by atoms with Crippen molar-refractivity contribution < 1.29 is 5.11 Å². The average Bonchev–Trinajstić information content (AvgIpc) is 2.78. The first kappa shape index (κ1) is 12.3. The van der Waals surface area contributed by atoms with Gasteiger partial charge in [0.25, 0.3) is 0 Å². The van der Waals surface area contributed by atoms with Crippen molar-refractivity contribution in [2.45, 2.75) is 31.7 Å². The summed E-state index contributed by atoms with van der Waals surface area (Å²) in [7, 11) is 0. The van der Waals surface area contributed by atoms with Gasteiger partial charge in [0.15, 0.2) is 0 Å². The van der Waals surface area contributed by atoms with Gasteiger partial charge in [-0.25, -0.2) is 0 Å². The highest BCUT2D eigenvalue weighted by molar-refractivity contribution is 5.89. The number of fused-ring (bicyclic) bond motifs is 1. The molecule has 0 bridgehead atoms. The zero-order valence-electron chi connectivity index (χ0n) is 11.0. The van der Waals surface area contributed by atoms with Crippen LogP contribution in [-0.2, 0) is 0 Å². The molecule has 4 N–H and O–H groups in total. The van der Waals surface area contributed by atoms with E-state index in [4.69, 9.17) is 10.8 Å². The third-order valence-electron chi connectivity index (χ3n) is 3.97. The van der Waals surface area contributed by atoms with Crippen molar-refractivity contribution in [3.05, 3.63) is 18.3 Å². The number of aromatic nitrogens is 2. The molecule has 3 rings (SSSR count). The van der Waals surface area contributed by atoms with E-state index in [1.165, 1.54) is 19.3 Å². The Bertz CT molecular complexity index is 562. The quantitative estimate of drug-likeness (QED) is 0.717. The average molecular weight is 260 g/mol. The number of benzene rings is 1. The van der Waals surface area contributed by atoms with Crippen molar-refractivity contribution in [2.75, 3.05) is 23.8 Å². The van der Waals surface area contributed by atoms with Gasteiger partial charge in [0.2, 0.25) is 0 Å². The van der Waals surface area contributed by atoms with Crippen LogP contribution in [0.15, 0.2) is 18.3 Å². The van der Waals surface area contributed by atoms with E-state index in [0.717, 1.165) is 35.2 Å². The lowest BCUT2D eigenvalue weighted by Crippen LogP contribution is -2.41. The minimum atomic E-state index is 0.218. The third-order valence-corrected chi connectivity index (χ3v) is 3.97. The van der Waals surface area contributed by atoms with Crippen LogP contribution in [0.25, 0.3) is 10.9 Å². The number of hydrogen-bond donors (Lipinski definition) is 3. The Labute approximate surface area is 112 Å². The second-order valence-corrected chi connectivity index (χ2v) is 5.22. The maximum atomic E-state index is 9.07. The SMILES string of the molecule is Nc1cc2cn[nH]c2cc1N(CCCO)C1CCC1. The van der Waals surface area contributed by atoms with Crippen molar-refractivity contribution in [1.82, 2.24) is 10.2 Å². The summed E-state index contributed by atoms with van der Waals surface area (Å²) in [6.45, 7) is 1.07. The summed E-state index contributed by atoms with van der Waals surface area (Å²) >= 11 is 0. The predicted molar refractivity (Wildman–Crippen MR) is 77.2 cm³/mol. The number of aromatic amines is 1. The molecule has 2 aromatic rings. The van der Waals surface area contributed by atoms with Crippen LogP contribution in [0.5, 0.6) is 0 Å². The smallest absolute Gasteiger partial charge is 0.0672 e. The fraction of sp³-hybridized carbons (Fsp3) is 0.500. The Morgan fingerprint density at radius 3 is 2.95 bits per heavy atom. The van der Waals surface area contributed by atoms with Crippen LogP contribution in [0.1, 0.15) is 25.7 Å². The van der Waals surface area contributed by atoms with E-state index in [9.17, 15) is 0 Å². The van der Waals surface area contributed by atoms with Gasteiger partial charge in [0.05, 0.1) is 23.1 Å². The lowest BCUT2D eigenvalue weighted by Gasteiger charge is -2.40. The lowest BCUT2D eigenvalue weighted by atomic mass is 9.90. The molecule has 5 heteroatoms. The Hall–Kier alpha value is -1.75. The van der Waals surface area contributed by atoms with Gasteiger partial charge in [-0.05, 0) is 37.8 Å². The molecule has 19 heavy (non-hydrogen) atoms. The number of nitrogens with two attached hydrogens (primary N) is 1. The number of aliphatic hydroxyl groups excluding tert-OH is 1. The third kappa shape index (κ3) is 2.26. The highest BCUT2D eigenvalue weighted by atomic mass is 16.3. The van der Waals surface area contributed by atoms with Crippen LogP contribution in [0, 0.1) is 0 Å². The largest absolute Gasteiger partial charge is 0.397 e. The first-order valence-electron chi connectivity index (χ1n) is 6.89. The fourth-order valence-corrected chi connectivity index (χ4v) is 2.69. The van der Waals surface area contributed by atoms with Crippen LogP contribution >= 0.6 is 0 Å². The van der Waals surface area contributed by atoms with Gasteiger partial charge in [-0.2, -0.15) is 5.10 Å². The maximum Gasteiger partial charge on any atom is 0.0672 e. The molecule has 1 aromatic carbocycles. The number of rotatable bonds is 5. The number of hydrogen-bond acceptors (Lipinski definition) is 4. The molecule has 1 heterocycles. The molecule has 102 valence electrons. The number of nitrogen functional groups attached to an aromatic ring is 1. The minimum absolute atomic E-state index is 0.218. The van der Waals surface area contributed by atoms with E-state index in [1.54, 1.807) is 6.20 Å². The summed E-state index contributed by atoms with van der Waals surface area (Å²) < 4.78 is 0. The molecule has 0 aliphatic heterocycles. The maximum absolute atomic E-state index is 9.07. The lowest BCUT2D eigenvalue weighted by molar-refractivity contribution is 0.283. The molecule has 1 fully saturated rings. The molecule has 1 aliphatic rings. The molecule has 1 saturated carbocycles. The van der Waals surface area contributed by atoms with E-state index >= 15 is 0 Å². The summed E-state index contributed by atoms with van der Waals surface area (Å²) in [6.07, 6.45) is 6.28. The van der Waals surface area contributed by atoms with Gasteiger partial charge >= 0.3 is 0 Å². The molecule has 0 amide bonds. The number of aliphatic hydroxyl groups is 1. The van der Waals surface area contributed by atoms with E-state index in [2.05, 4.69) is 21.2 Å². The van der Waals surface area contributed by atoms with Gasteiger partial charge in [-0.1, -0.05) is 0 Å². The second kappa shape index (κ2) is 5.09. The van der Waals surface area contributed by atoms with Crippen molar-refractivity contribution in [2.24, 2.45) is 0 Å². The zero-order valence-corrected chi connectivity index (χ0v) is 11.0. The van der Waals surface area contributed by atoms with E-state index in [1.807, 2.05) is 6.07 Å². The number of H-pyrrole nitrogens is 1. The van der Waals surface area contributed by atoms with Crippen LogP contribution < -0.4 is 10.6 Å². The summed E-state index contributed by atoms with van der Waals surface area (Å²) in [6, 6.07) is 4.61. The van der Waals surface area contributed by atoms with Crippen LogP contribution in [0.2, 0.25) is 0 Å². The molecule has 0 spiro atoms. The highest BCUT2D eigenvalue weighted by Gasteiger charge is 2.26. The first-order chi connectivity index (χ1) is 9.29. The Morgan fingerprint density at radius 2 is 2.26 bits per heavy atom. The summed E-state index contributed by atoms with van der Waals surface area (Å²) in [5.74, 6) is 0. The van der Waals surface area contributed by atoms with Crippen molar-refractivity contribution in [1.29, 1.82) is 0 Å². The van der Waals surface area contributed by atoms with E-state index in [-0.39, 0.29) is 6.61 Å². The van der Waals surface area contributed by atoms with Gasteiger partial charge in [0, 0.05) is 24.6 Å². The Balaban J connectivity index is 1.95. The fourth-order valence-electron chi connectivity index (χ4n) is 2.69. The highest BCUT2D eigenvalue weighted by Crippen LogP contribution is 2.35. The van der Waals surface area contributed by atoms with Gasteiger partial charge in [-0.15, -0.1) is 0 Å². The molecular weight excluding hydrogens is 240 g/mol. The molecule has 0 saturated heterocycles. The first-order valence-corrected chi connectivity index (χ1v) is 6.89. The molecule has 5 nitrogen and oxygen atoms in total. The summed E-state index contributed by atoms with van der Waals surface area (Å²) in [5.41, 5.74) is 9.06. The second-order valence-electron chi connectivity index (χ2n) is 5.22. The summed E-state index contributed by atoms with van der Waals surface area (Å²) in [4.78, 5) is 2.34. The molecule has 0 unspecified atom stereocenters. The van der Waals surface area contributed by atoms with Crippen LogP contribution in [-0.4, -0.2) is 34.5 Å².